The van der Waals surface area contributed by atoms with Gasteiger partial charge in [-0.2, -0.15) is 12.1 Å². The van der Waals surface area contributed by atoms with Crippen LogP contribution < -0.4 is 5.30 Å². The fourth-order valence-electron chi connectivity index (χ4n) is 2.63. The van der Waals surface area contributed by atoms with E-state index in [1.54, 1.807) is 0 Å². The summed E-state index contributed by atoms with van der Waals surface area (Å²) in [5, 5.41) is 0.836. The van der Waals surface area contributed by atoms with E-state index in [2.05, 4.69) is 24.3 Å². The van der Waals surface area contributed by atoms with Crippen molar-refractivity contribution in [3.05, 3.63) is 103 Å². The molecule has 130 valence electrons. The predicted molar refractivity (Wildman–Crippen MR) is 102 cm³/mol. The van der Waals surface area contributed by atoms with E-state index in [4.69, 9.17) is 0 Å². The van der Waals surface area contributed by atoms with Gasteiger partial charge in [0.2, 0.25) is 0 Å². The molecule has 0 aromatic heterocycles. The first-order valence-electron chi connectivity index (χ1n) is 7.80. The second-order valence-electron chi connectivity index (χ2n) is 5.29. The zero-order valence-electron chi connectivity index (χ0n) is 13.5. The van der Waals surface area contributed by atoms with E-state index in [9.17, 15) is 4.57 Å². The summed E-state index contributed by atoms with van der Waals surface area (Å²) in [5.74, 6) is 0. The molecule has 0 spiro atoms. The quantitative estimate of drug-likeness (QED) is 0.238. The van der Waals surface area contributed by atoms with Crippen molar-refractivity contribution in [2.75, 3.05) is 0 Å². The Morgan fingerprint density at radius 3 is 1.84 bits per heavy atom. The number of benzene rings is 2. The molecule has 4 aromatic carbocycles. The first kappa shape index (κ1) is 19.1. The zero-order chi connectivity index (χ0) is 16.6. The van der Waals surface area contributed by atoms with E-state index in [1.807, 2.05) is 78.9 Å². The molecule has 0 radical (unpaired) electrons. The topological polar surface area (TPSA) is 17.1 Å². The van der Waals surface area contributed by atoms with Crippen LogP contribution in [0.15, 0.2) is 103 Å². The summed E-state index contributed by atoms with van der Waals surface area (Å²) < 4.78 is 11.2. The van der Waals surface area contributed by atoms with Gasteiger partial charge in [-0.05, 0) is 10.9 Å². The third-order valence-corrected chi connectivity index (χ3v) is 4.34. The summed E-state index contributed by atoms with van der Waals surface area (Å²) in [6.45, 7) is 0. The van der Waals surface area contributed by atoms with Gasteiger partial charge in [-0.3, -0.25) is 4.57 Å². The summed E-state index contributed by atoms with van der Waals surface area (Å²) in [6.07, 6.45) is 0. The molecular weight excluding hydrogens is 367 g/mol. The van der Waals surface area contributed by atoms with Gasteiger partial charge in [0, 0.05) is 17.1 Å². The molecule has 0 amide bonds. The van der Waals surface area contributed by atoms with Gasteiger partial charge < -0.3 is 30.3 Å². The minimum atomic E-state index is 0. The van der Waals surface area contributed by atoms with Gasteiger partial charge in [0.05, 0.1) is 0 Å². The largest absolute Gasteiger partial charge is 0.748 e. The Balaban J connectivity index is 0.000000325. The predicted octanol–water partition coefficient (Wildman–Crippen LogP) is 6.06. The van der Waals surface area contributed by atoms with Gasteiger partial charge in [0.15, 0.2) is 0 Å². The SMILES string of the molecule is O=P[c-]1cccc1-c1ccccc1-c1ccccc1.[Fe].[cH-]1[cH-][cH-][cH-][cH-]1. The average Bonchev–Trinajstić information content (AvgIpc) is 3.37. The molecule has 0 heterocycles. The van der Waals surface area contributed by atoms with E-state index < -0.39 is 0 Å². The van der Waals surface area contributed by atoms with Crippen LogP contribution in [0.25, 0.3) is 22.3 Å². The number of rotatable bonds is 3. The van der Waals surface area contributed by atoms with Crippen LogP contribution in [0.2, 0.25) is 0 Å². The third kappa shape index (κ3) is 4.87. The van der Waals surface area contributed by atoms with Gasteiger partial charge in [-0.25, -0.2) is 0 Å². The van der Waals surface area contributed by atoms with Crippen molar-refractivity contribution in [1.29, 1.82) is 0 Å². The molecule has 0 atom stereocenters. The van der Waals surface area contributed by atoms with Gasteiger partial charge >= 0.3 is 0 Å². The Kier molecular flexibility index (Phi) is 7.57. The molecular formula is C22H17FeOP-6. The molecule has 4 aromatic rings. The zero-order valence-corrected chi connectivity index (χ0v) is 15.5. The molecule has 25 heavy (non-hydrogen) atoms. The van der Waals surface area contributed by atoms with Crippen LogP contribution >= 0.6 is 8.46 Å². The fourth-order valence-corrected chi connectivity index (χ4v) is 3.07. The van der Waals surface area contributed by atoms with Crippen LogP contribution in [-0.2, 0) is 21.6 Å². The van der Waals surface area contributed by atoms with Crippen molar-refractivity contribution in [1.82, 2.24) is 0 Å². The van der Waals surface area contributed by atoms with Crippen molar-refractivity contribution in [2.45, 2.75) is 0 Å². The maximum atomic E-state index is 11.2. The van der Waals surface area contributed by atoms with Crippen LogP contribution in [0.5, 0.6) is 0 Å². The molecule has 0 saturated carbocycles. The van der Waals surface area contributed by atoms with Crippen LogP contribution in [0.4, 0.5) is 0 Å². The Bertz CT molecular complexity index is 862. The molecule has 0 aliphatic heterocycles. The molecule has 0 bridgehead atoms. The average molecular weight is 384 g/mol. The normalized spacial score (nSPS) is 9.76. The maximum Gasteiger partial charge on any atom is 0.139 e. The van der Waals surface area contributed by atoms with Crippen molar-refractivity contribution < 1.29 is 21.6 Å². The summed E-state index contributed by atoms with van der Waals surface area (Å²) in [7, 11) is 0.0668. The molecule has 1 nitrogen and oxygen atoms in total. The Morgan fingerprint density at radius 2 is 1.24 bits per heavy atom. The molecule has 0 aliphatic rings. The minimum Gasteiger partial charge on any atom is -0.748 e. The molecule has 0 fully saturated rings. The van der Waals surface area contributed by atoms with Crippen LogP contribution in [0, 0.1) is 0 Å². The van der Waals surface area contributed by atoms with Crippen molar-refractivity contribution >= 4 is 13.8 Å². The summed E-state index contributed by atoms with van der Waals surface area (Å²) >= 11 is 0. The third-order valence-electron chi connectivity index (χ3n) is 3.75. The van der Waals surface area contributed by atoms with E-state index in [0.717, 1.165) is 16.4 Å². The van der Waals surface area contributed by atoms with Crippen LogP contribution in [0.3, 0.4) is 0 Å². The molecule has 0 N–H and O–H groups in total. The molecule has 3 heteroatoms. The second kappa shape index (κ2) is 9.91. The van der Waals surface area contributed by atoms with Crippen molar-refractivity contribution in [2.24, 2.45) is 0 Å². The first-order valence-corrected chi connectivity index (χ1v) is 8.62. The van der Waals surface area contributed by atoms with E-state index in [1.165, 1.54) is 11.1 Å². The fraction of sp³-hybridized carbons (Fsp3) is 0. The Labute approximate surface area is 160 Å². The molecule has 0 aliphatic carbocycles. The van der Waals surface area contributed by atoms with Crippen LogP contribution in [-0.4, -0.2) is 0 Å². The summed E-state index contributed by atoms with van der Waals surface area (Å²) in [6, 6.07) is 34.3. The second-order valence-corrected chi connectivity index (χ2v) is 5.95. The maximum absolute atomic E-state index is 11.2. The smallest absolute Gasteiger partial charge is 0.139 e. The van der Waals surface area contributed by atoms with Gasteiger partial charge in [-0.15, -0.1) is 11.6 Å². The van der Waals surface area contributed by atoms with Crippen molar-refractivity contribution in [3.63, 3.8) is 0 Å². The van der Waals surface area contributed by atoms with E-state index in [0.29, 0.717) is 0 Å². The monoisotopic (exact) mass is 384 g/mol. The number of hydrogen-bond acceptors (Lipinski definition) is 1. The molecule has 0 unspecified atom stereocenters. The van der Waals surface area contributed by atoms with Gasteiger partial charge in [0.1, 0.15) is 8.46 Å². The van der Waals surface area contributed by atoms with Gasteiger partial charge in [0.25, 0.3) is 0 Å². The first-order chi connectivity index (χ1) is 11.9. The van der Waals surface area contributed by atoms with Gasteiger partial charge in [-0.1, -0.05) is 65.7 Å². The molecule has 4 rings (SSSR count). The van der Waals surface area contributed by atoms with Crippen LogP contribution in [0.1, 0.15) is 0 Å². The number of hydrogen-bond donors (Lipinski definition) is 0. The minimum absolute atomic E-state index is 0. The summed E-state index contributed by atoms with van der Waals surface area (Å²) in [4.78, 5) is 0. The van der Waals surface area contributed by atoms with E-state index >= 15 is 0 Å². The van der Waals surface area contributed by atoms with Crippen molar-refractivity contribution in [3.8, 4) is 22.3 Å². The van der Waals surface area contributed by atoms with E-state index in [-0.39, 0.29) is 25.5 Å². The summed E-state index contributed by atoms with van der Waals surface area (Å²) in [5.41, 5.74) is 4.50. The Morgan fingerprint density at radius 1 is 0.680 bits per heavy atom. The molecule has 0 saturated heterocycles. The Hall–Kier alpha value is -2.24. The standard InChI is InChI=1S/C17H12OP.C5H5.Fe/c18-19-17-12-6-11-16(17)15-10-5-4-9-14(15)13-7-2-1-3-8-13;1-2-4-5-3-1;/h1-12H;1-5H;/q-1;-5;.